The lowest BCUT2D eigenvalue weighted by Crippen LogP contribution is -2.28. The molecule has 2 N–H and O–H groups in total. The van der Waals surface area contributed by atoms with Crippen molar-refractivity contribution in [3.63, 3.8) is 0 Å². The standard InChI is InChI=1S/C15H24N2S/c1-5-11(3)10-17(6-2)13-7-8-14(15(16)18)12(4)9-13/h7-9,11H,5-6,10H2,1-4H3,(H2,16,18). The average molecular weight is 264 g/mol. The topological polar surface area (TPSA) is 29.3 Å². The summed E-state index contributed by atoms with van der Waals surface area (Å²) < 4.78 is 0. The number of hydrogen-bond acceptors (Lipinski definition) is 2. The van der Waals surface area contributed by atoms with Gasteiger partial charge in [-0.15, -0.1) is 0 Å². The van der Waals surface area contributed by atoms with E-state index in [1.807, 2.05) is 6.07 Å². The number of aryl methyl sites for hydroxylation is 1. The molecule has 0 aliphatic rings. The fraction of sp³-hybridized carbons (Fsp3) is 0.533. The van der Waals surface area contributed by atoms with E-state index in [1.165, 1.54) is 12.1 Å². The van der Waals surface area contributed by atoms with Crippen LogP contribution in [0.1, 0.15) is 38.3 Å². The van der Waals surface area contributed by atoms with Gasteiger partial charge in [0.25, 0.3) is 0 Å². The Bertz CT molecular complexity index is 415. The van der Waals surface area contributed by atoms with Crippen LogP contribution < -0.4 is 10.6 Å². The third kappa shape index (κ3) is 3.70. The Labute approximate surface area is 116 Å². The van der Waals surface area contributed by atoms with Crippen molar-refractivity contribution in [2.24, 2.45) is 11.7 Å². The second kappa shape index (κ2) is 6.74. The molecule has 1 rings (SSSR count). The highest BCUT2D eigenvalue weighted by molar-refractivity contribution is 7.80. The summed E-state index contributed by atoms with van der Waals surface area (Å²) in [7, 11) is 0. The lowest BCUT2D eigenvalue weighted by molar-refractivity contribution is 0.548. The predicted octanol–water partition coefficient (Wildman–Crippen LogP) is 3.50. The highest BCUT2D eigenvalue weighted by Gasteiger charge is 2.10. The summed E-state index contributed by atoms with van der Waals surface area (Å²) >= 11 is 5.04. The summed E-state index contributed by atoms with van der Waals surface area (Å²) in [5.41, 5.74) is 9.09. The van der Waals surface area contributed by atoms with Crippen LogP contribution in [0.25, 0.3) is 0 Å². The van der Waals surface area contributed by atoms with Gasteiger partial charge in [-0.2, -0.15) is 0 Å². The Morgan fingerprint density at radius 3 is 2.50 bits per heavy atom. The normalized spacial score (nSPS) is 12.2. The van der Waals surface area contributed by atoms with Crippen LogP contribution >= 0.6 is 12.2 Å². The molecule has 0 radical (unpaired) electrons. The highest BCUT2D eigenvalue weighted by Crippen LogP contribution is 2.20. The van der Waals surface area contributed by atoms with Crippen LogP contribution in [0.2, 0.25) is 0 Å². The molecular weight excluding hydrogens is 240 g/mol. The molecule has 100 valence electrons. The van der Waals surface area contributed by atoms with Gasteiger partial charge < -0.3 is 10.6 Å². The summed E-state index contributed by atoms with van der Waals surface area (Å²) in [5.74, 6) is 0.709. The first-order chi connectivity index (χ1) is 8.49. The zero-order chi connectivity index (χ0) is 13.7. The van der Waals surface area contributed by atoms with E-state index in [9.17, 15) is 0 Å². The molecule has 1 atom stereocenters. The van der Waals surface area contributed by atoms with Crippen molar-refractivity contribution in [1.29, 1.82) is 0 Å². The molecule has 0 aliphatic heterocycles. The molecule has 0 heterocycles. The lowest BCUT2D eigenvalue weighted by Gasteiger charge is -2.27. The first-order valence-electron chi connectivity index (χ1n) is 6.64. The second-order valence-corrected chi connectivity index (χ2v) is 5.36. The average Bonchev–Trinajstić information content (AvgIpc) is 2.34. The van der Waals surface area contributed by atoms with E-state index in [1.54, 1.807) is 0 Å². The Balaban J connectivity index is 2.94. The Morgan fingerprint density at radius 2 is 2.06 bits per heavy atom. The molecule has 0 saturated heterocycles. The largest absolute Gasteiger partial charge is 0.389 e. The van der Waals surface area contributed by atoms with Gasteiger partial charge in [0, 0.05) is 24.3 Å². The first kappa shape index (κ1) is 15.0. The molecule has 0 fully saturated rings. The number of rotatable bonds is 6. The van der Waals surface area contributed by atoms with E-state index in [2.05, 4.69) is 44.7 Å². The van der Waals surface area contributed by atoms with E-state index in [-0.39, 0.29) is 0 Å². The van der Waals surface area contributed by atoms with E-state index in [0.717, 1.165) is 24.2 Å². The molecule has 1 aromatic rings. The maximum Gasteiger partial charge on any atom is 0.104 e. The van der Waals surface area contributed by atoms with Gasteiger partial charge in [-0.3, -0.25) is 0 Å². The van der Waals surface area contributed by atoms with Gasteiger partial charge in [0.15, 0.2) is 0 Å². The van der Waals surface area contributed by atoms with Crippen molar-refractivity contribution in [3.05, 3.63) is 29.3 Å². The van der Waals surface area contributed by atoms with Gasteiger partial charge in [-0.05, 0) is 43.5 Å². The van der Waals surface area contributed by atoms with E-state index < -0.39 is 0 Å². The molecule has 0 spiro atoms. The van der Waals surface area contributed by atoms with Crippen LogP contribution in [0.15, 0.2) is 18.2 Å². The van der Waals surface area contributed by atoms with Gasteiger partial charge in [0.05, 0.1) is 0 Å². The number of hydrogen-bond donors (Lipinski definition) is 1. The number of anilines is 1. The van der Waals surface area contributed by atoms with Crippen LogP contribution in [0.4, 0.5) is 5.69 Å². The summed E-state index contributed by atoms with van der Waals surface area (Å²) in [6.45, 7) is 10.9. The van der Waals surface area contributed by atoms with Crippen LogP contribution in [-0.2, 0) is 0 Å². The van der Waals surface area contributed by atoms with Gasteiger partial charge in [0.1, 0.15) is 4.99 Å². The highest BCUT2D eigenvalue weighted by atomic mass is 32.1. The van der Waals surface area contributed by atoms with Crippen molar-refractivity contribution in [1.82, 2.24) is 0 Å². The minimum Gasteiger partial charge on any atom is -0.389 e. The van der Waals surface area contributed by atoms with Crippen molar-refractivity contribution in [2.45, 2.75) is 34.1 Å². The van der Waals surface area contributed by atoms with E-state index >= 15 is 0 Å². The minimum atomic E-state index is 0.476. The van der Waals surface area contributed by atoms with Crippen molar-refractivity contribution < 1.29 is 0 Å². The fourth-order valence-electron chi connectivity index (χ4n) is 2.04. The molecule has 0 saturated carbocycles. The molecule has 0 aliphatic carbocycles. The zero-order valence-electron chi connectivity index (χ0n) is 11.9. The first-order valence-corrected chi connectivity index (χ1v) is 7.05. The summed E-state index contributed by atoms with van der Waals surface area (Å²) in [6.07, 6.45) is 1.21. The lowest BCUT2D eigenvalue weighted by atomic mass is 10.1. The molecule has 3 heteroatoms. The third-order valence-corrected chi connectivity index (χ3v) is 3.67. The maximum atomic E-state index is 5.69. The summed E-state index contributed by atoms with van der Waals surface area (Å²) in [5, 5.41) is 0. The van der Waals surface area contributed by atoms with Crippen molar-refractivity contribution >= 4 is 22.9 Å². The van der Waals surface area contributed by atoms with Crippen LogP contribution in [0.3, 0.4) is 0 Å². The summed E-state index contributed by atoms with van der Waals surface area (Å²) in [4.78, 5) is 2.88. The Kier molecular flexibility index (Phi) is 5.60. The molecular formula is C15H24N2S. The minimum absolute atomic E-state index is 0.476. The second-order valence-electron chi connectivity index (χ2n) is 4.92. The number of benzene rings is 1. The maximum absolute atomic E-state index is 5.69. The Hall–Kier alpha value is -1.09. The number of nitrogens with two attached hydrogens (primary N) is 1. The van der Waals surface area contributed by atoms with Gasteiger partial charge in [0.2, 0.25) is 0 Å². The molecule has 0 amide bonds. The molecule has 0 bridgehead atoms. The van der Waals surface area contributed by atoms with Crippen LogP contribution in [-0.4, -0.2) is 18.1 Å². The monoisotopic (exact) mass is 264 g/mol. The predicted molar refractivity (Wildman–Crippen MR) is 84.4 cm³/mol. The quantitative estimate of drug-likeness (QED) is 0.797. The molecule has 0 aromatic heterocycles. The SMILES string of the molecule is CCC(C)CN(CC)c1ccc(C(N)=S)c(C)c1. The smallest absolute Gasteiger partial charge is 0.104 e. The molecule has 1 unspecified atom stereocenters. The van der Waals surface area contributed by atoms with Crippen LogP contribution in [0, 0.1) is 12.8 Å². The van der Waals surface area contributed by atoms with E-state index in [4.69, 9.17) is 18.0 Å². The molecule has 1 aromatic carbocycles. The van der Waals surface area contributed by atoms with Crippen molar-refractivity contribution in [3.8, 4) is 0 Å². The Morgan fingerprint density at radius 1 is 1.39 bits per heavy atom. The molecule has 2 nitrogen and oxygen atoms in total. The van der Waals surface area contributed by atoms with E-state index in [0.29, 0.717) is 10.9 Å². The van der Waals surface area contributed by atoms with Gasteiger partial charge in [-0.25, -0.2) is 0 Å². The zero-order valence-corrected chi connectivity index (χ0v) is 12.7. The van der Waals surface area contributed by atoms with Gasteiger partial charge >= 0.3 is 0 Å². The van der Waals surface area contributed by atoms with Gasteiger partial charge in [-0.1, -0.05) is 32.5 Å². The summed E-state index contributed by atoms with van der Waals surface area (Å²) in [6, 6.07) is 6.33. The fourth-order valence-corrected chi connectivity index (χ4v) is 2.27. The van der Waals surface area contributed by atoms with Crippen LogP contribution in [0.5, 0.6) is 0 Å². The number of nitrogens with zero attached hydrogens (tertiary/aromatic N) is 1. The molecule has 18 heavy (non-hydrogen) atoms. The third-order valence-electron chi connectivity index (χ3n) is 3.45. The van der Waals surface area contributed by atoms with Crippen molar-refractivity contribution in [2.75, 3.05) is 18.0 Å². The number of thiocarbonyl (C=S) groups is 1.